The fourth-order valence-corrected chi connectivity index (χ4v) is 3.01. The van der Waals surface area contributed by atoms with E-state index in [0.717, 1.165) is 47.5 Å². The quantitative estimate of drug-likeness (QED) is 0.705. The summed E-state index contributed by atoms with van der Waals surface area (Å²) in [5.41, 5.74) is 5.42. The predicted molar refractivity (Wildman–Crippen MR) is 98.1 cm³/mol. The van der Waals surface area contributed by atoms with E-state index in [0.29, 0.717) is 0 Å². The zero-order chi connectivity index (χ0) is 17.1. The number of pyridine rings is 1. The van der Waals surface area contributed by atoms with E-state index in [4.69, 9.17) is 9.94 Å². The molecular formula is C20H20N4O. The summed E-state index contributed by atoms with van der Waals surface area (Å²) in [6.45, 7) is 2.82. The molecule has 1 aliphatic heterocycles. The number of rotatable bonds is 5. The lowest BCUT2D eigenvalue weighted by atomic mass is 10.0. The van der Waals surface area contributed by atoms with Gasteiger partial charge in [0.1, 0.15) is 0 Å². The molecule has 4 rings (SSSR count). The molecule has 1 aliphatic rings. The summed E-state index contributed by atoms with van der Waals surface area (Å²) in [6, 6.07) is 14.4. The van der Waals surface area contributed by atoms with E-state index in [1.165, 1.54) is 0 Å². The number of hydrogen-bond donors (Lipinski definition) is 0. The molecule has 5 nitrogen and oxygen atoms in total. The van der Waals surface area contributed by atoms with E-state index >= 15 is 0 Å². The maximum absolute atomic E-state index is 5.47. The van der Waals surface area contributed by atoms with E-state index < -0.39 is 0 Å². The molecule has 3 heterocycles. The maximum atomic E-state index is 5.47. The largest absolute Gasteiger partial charge is 0.390 e. The summed E-state index contributed by atoms with van der Waals surface area (Å²) < 4.78 is 1.94. The van der Waals surface area contributed by atoms with Crippen molar-refractivity contribution in [2.75, 3.05) is 0 Å². The van der Waals surface area contributed by atoms with Gasteiger partial charge in [0.25, 0.3) is 0 Å². The van der Waals surface area contributed by atoms with Crippen molar-refractivity contribution in [1.29, 1.82) is 0 Å². The molecule has 0 saturated carbocycles. The van der Waals surface area contributed by atoms with Gasteiger partial charge in [-0.3, -0.25) is 9.67 Å². The zero-order valence-electron chi connectivity index (χ0n) is 14.2. The van der Waals surface area contributed by atoms with Crippen molar-refractivity contribution in [3.63, 3.8) is 0 Å². The van der Waals surface area contributed by atoms with E-state index in [1.54, 1.807) is 6.20 Å². The summed E-state index contributed by atoms with van der Waals surface area (Å²) in [6.07, 6.45) is 7.59. The van der Waals surface area contributed by atoms with Gasteiger partial charge in [-0.2, -0.15) is 5.10 Å². The van der Waals surface area contributed by atoms with Gasteiger partial charge in [0, 0.05) is 36.1 Å². The van der Waals surface area contributed by atoms with Crippen molar-refractivity contribution in [3.8, 4) is 22.4 Å². The summed E-state index contributed by atoms with van der Waals surface area (Å²) >= 11 is 0. The fraction of sp³-hybridized carbons (Fsp3) is 0.250. The molecule has 25 heavy (non-hydrogen) atoms. The Labute approximate surface area is 147 Å². The summed E-state index contributed by atoms with van der Waals surface area (Å²) in [4.78, 5) is 9.67. The first kappa shape index (κ1) is 15.6. The van der Waals surface area contributed by atoms with E-state index in [2.05, 4.69) is 47.4 Å². The molecule has 0 saturated heterocycles. The van der Waals surface area contributed by atoms with Crippen LogP contribution in [0, 0.1) is 0 Å². The second-order valence-electron chi connectivity index (χ2n) is 6.19. The topological polar surface area (TPSA) is 52.3 Å². The SMILES string of the molecule is CCC1=NO[C@H](Cn2ccc(-c3cccc(-c4cccnc4)c3)n2)C1. The van der Waals surface area contributed by atoms with E-state index in [9.17, 15) is 0 Å². The van der Waals surface area contributed by atoms with Crippen LogP contribution in [-0.2, 0) is 11.4 Å². The van der Waals surface area contributed by atoms with Crippen molar-refractivity contribution in [3.05, 3.63) is 61.1 Å². The van der Waals surface area contributed by atoms with Crippen LogP contribution in [0.2, 0.25) is 0 Å². The lowest BCUT2D eigenvalue weighted by molar-refractivity contribution is 0.0698. The molecule has 0 unspecified atom stereocenters. The van der Waals surface area contributed by atoms with Crippen LogP contribution in [0.3, 0.4) is 0 Å². The Morgan fingerprint density at radius 3 is 2.80 bits per heavy atom. The Hall–Kier alpha value is -2.95. The van der Waals surface area contributed by atoms with Crippen LogP contribution in [0.1, 0.15) is 19.8 Å². The molecule has 0 fully saturated rings. The van der Waals surface area contributed by atoms with Gasteiger partial charge in [0.05, 0.1) is 18.0 Å². The molecule has 0 N–H and O–H groups in total. The number of nitrogens with zero attached hydrogens (tertiary/aromatic N) is 4. The number of oxime groups is 1. The van der Waals surface area contributed by atoms with Gasteiger partial charge in [-0.15, -0.1) is 0 Å². The summed E-state index contributed by atoms with van der Waals surface area (Å²) in [5, 5.41) is 8.81. The fourth-order valence-electron chi connectivity index (χ4n) is 3.01. The molecule has 0 radical (unpaired) electrons. The number of aromatic nitrogens is 3. The molecule has 5 heteroatoms. The monoisotopic (exact) mass is 332 g/mol. The van der Waals surface area contributed by atoms with Gasteiger partial charge < -0.3 is 4.84 Å². The average Bonchev–Trinajstić information content (AvgIpc) is 3.32. The van der Waals surface area contributed by atoms with Crippen molar-refractivity contribution >= 4 is 5.71 Å². The lowest BCUT2D eigenvalue weighted by Gasteiger charge is -2.08. The second-order valence-corrected chi connectivity index (χ2v) is 6.19. The molecular weight excluding hydrogens is 312 g/mol. The predicted octanol–water partition coefficient (Wildman–Crippen LogP) is 4.17. The van der Waals surface area contributed by atoms with Gasteiger partial charge in [0.15, 0.2) is 6.10 Å². The smallest absolute Gasteiger partial charge is 0.152 e. The van der Waals surface area contributed by atoms with Crippen molar-refractivity contribution in [2.45, 2.75) is 32.4 Å². The highest BCUT2D eigenvalue weighted by Gasteiger charge is 2.20. The molecule has 0 amide bonds. The normalized spacial score (nSPS) is 16.5. The van der Waals surface area contributed by atoms with Crippen LogP contribution in [0.15, 0.2) is 66.2 Å². The minimum absolute atomic E-state index is 0.0874. The Morgan fingerprint density at radius 2 is 2.00 bits per heavy atom. The Balaban J connectivity index is 1.51. The highest BCUT2D eigenvalue weighted by Crippen LogP contribution is 2.25. The van der Waals surface area contributed by atoms with Crippen LogP contribution in [0.4, 0.5) is 0 Å². The van der Waals surface area contributed by atoms with Gasteiger partial charge >= 0.3 is 0 Å². The first-order valence-electron chi connectivity index (χ1n) is 8.57. The molecule has 1 atom stereocenters. The van der Waals surface area contributed by atoms with Gasteiger partial charge in [-0.25, -0.2) is 0 Å². The molecule has 126 valence electrons. The van der Waals surface area contributed by atoms with Crippen molar-refractivity contribution in [1.82, 2.24) is 14.8 Å². The molecule has 3 aromatic rings. The van der Waals surface area contributed by atoms with Crippen LogP contribution >= 0.6 is 0 Å². The van der Waals surface area contributed by atoms with Crippen molar-refractivity contribution < 1.29 is 4.84 Å². The third-order valence-electron chi connectivity index (χ3n) is 4.39. The molecule has 0 bridgehead atoms. The zero-order valence-corrected chi connectivity index (χ0v) is 14.2. The van der Waals surface area contributed by atoms with Crippen LogP contribution < -0.4 is 0 Å². The number of hydrogen-bond acceptors (Lipinski definition) is 4. The lowest BCUT2D eigenvalue weighted by Crippen LogP contribution is -2.16. The third kappa shape index (κ3) is 3.45. The first-order chi connectivity index (χ1) is 12.3. The Morgan fingerprint density at radius 1 is 1.12 bits per heavy atom. The van der Waals surface area contributed by atoms with Gasteiger partial charge in [-0.1, -0.05) is 36.3 Å². The highest BCUT2D eigenvalue weighted by atomic mass is 16.6. The second kappa shape index (κ2) is 6.89. The standard InChI is InChI=1S/C20H20N4O/c1-2-18-12-19(25-23-18)14-24-10-8-20(22-24)16-6-3-5-15(11-16)17-7-4-9-21-13-17/h3-11,13,19H,2,12,14H2,1H3/t19-/m0/s1. The Bertz CT molecular complexity index is 885. The summed E-state index contributed by atoms with van der Waals surface area (Å²) in [7, 11) is 0. The molecule has 1 aromatic carbocycles. The minimum Gasteiger partial charge on any atom is -0.390 e. The van der Waals surface area contributed by atoms with E-state index in [1.807, 2.05) is 29.2 Å². The van der Waals surface area contributed by atoms with Crippen LogP contribution in [0.5, 0.6) is 0 Å². The average molecular weight is 332 g/mol. The number of benzene rings is 1. The third-order valence-corrected chi connectivity index (χ3v) is 4.39. The van der Waals surface area contributed by atoms with Gasteiger partial charge in [0.2, 0.25) is 0 Å². The molecule has 0 spiro atoms. The van der Waals surface area contributed by atoms with Gasteiger partial charge in [-0.05, 0) is 30.2 Å². The van der Waals surface area contributed by atoms with E-state index in [-0.39, 0.29) is 6.10 Å². The first-order valence-corrected chi connectivity index (χ1v) is 8.57. The molecule has 2 aromatic heterocycles. The minimum atomic E-state index is 0.0874. The molecule has 0 aliphatic carbocycles. The van der Waals surface area contributed by atoms with Crippen LogP contribution in [0.25, 0.3) is 22.4 Å². The van der Waals surface area contributed by atoms with Crippen LogP contribution in [-0.4, -0.2) is 26.6 Å². The highest BCUT2D eigenvalue weighted by molar-refractivity contribution is 5.85. The van der Waals surface area contributed by atoms with Crippen molar-refractivity contribution in [2.24, 2.45) is 5.16 Å². The maximum Gasteiger partial charge on any atom is 0.152 e. The Kier molecular flexibility index (Phi) is 4.29. The summed E-state index contributed by atoms with van der Waals surface area (Å²) in [5.74, 6) is 0.